The molecule has 0 saturated carbocycles. The van der Waals surface area contributed by atoms with Crippen LogP contribution >= 0.6 is 23.1 Å². The molecule has 2 rings (SSSR count). The zero-order chi connectivity index (χ0) is 13.1. The number of aryl methyl sites for hydroxylation is 2. The van der Waals surface area contributed by atoms with Gasteiger partial charge in [-0.15, -0.1) is 11.3 Å². The van der Waals surface area contributed by atoms with Crippen LogP contribution in [-0.4, -0.2) is 21.3 Å². The van der Waals surface area contributed by atoms with Gasteiger partial charge in [-0.2, -0.15) is 0 Å². The quantitative estimate of drug-likeness (QED) is 0.874. The normalized spacial score (nSPS) is 12.4. The monoisotopic (exact) mass is 283 g/mol. The minimum atomic E-state index is -0.235. The summed E-state index contributed by atoms with van der Waals surface area (Å²) in [5, 5.41) is 8.12. The number of amides is 1. The van der Waals surface area contributed by atoms with Crippen molar-refractivity contribution in [1.82, 2.24) is 10.1 Å². The number of hydrogen-bond acceptors (Lipinski definition) is 6. The average molecular weight is 283 g/mol. The Morgan fingerprint density at radius 3 is 2.83 bits per heavy atom. The van der Waals surface area contributed by atoms with E-state index in [4.69, 9.17) is 4.52 Å². The fourth-order valence-electron chi connectivity index (χ4n) is 1.24. The molecule has 0 saturated heterocycles. The van der Waals surface area contributed by atoms with Gasteiger partial charge in [-0.1, -0.05) is 16.9 Å². The summed E-state index contributed by atoms with van der Waals surface area (Å²) in [6.45, 7) is 5.57. The van der Waals surface area contributed by atoms with Crippen molar-refractivity contribution in [3.63, 3.8) is 0 Å². The van der Waals surface area contributed by atoms with Crippen LogP contribution in [0.4, 0.5) is 5.88 Å². The van der Waals surface area contributed by atoms with Crippen molar-refractivity contribution in [2.45, 2.75) is 30.4 Å². The van der Waals surface area contributed by atoms with Gasteiger partial charge in [-0.25, -0.2) is 4.98 Å². The molecular formula is C11H13N3O2S2. The lowest BCUT2D eigenvalue weighted by atomic mass is 10.4. The topological polar surface area (TPSA) is 68.0 Å². The van der Waals surface area contributed by atoms with E-state index in [1.165, 1.54) is 11.8 Å². The number of thioether (sulfide) groups is 1. The molecule has 2 aromatic rings. The minimum absolute atomic E-state index is 0.121. The Morgan fingerprint density at radius 1 is 1.50 bits per heavy atom. The van der Waals surface area contributed by atoms with E-state index in [9.17, 15) is 4.79 Å². The number of nitrogens with zero attached hydrogens (tertiary/aromatic N) is 2. The number of anilines is 1. The maximum absolute atomic E-state index is 11.9. The van der Waals surface area contributed by atoms with Crippen molar-refractivity contribution in [3.8, 4) is 0 Å². The van der Waals surface area contributed by atoms with Crippen LogP contribution in [0.2, 0.25) is 0 Å². The summed E-state index contributed by atoms with van der Waals surface area (Å²) in [5.41, 5.74) is 1.71. The second-order valence-electron chi connectivity index (χ2n) is 3.84. The summed E-state index contributed by atoms with van der Waals surface area (Å²) in [4.78, 5) is 16.2. The Hall–Kier alpha value is -1.34. The predicted molar refractivity (Wildman–Crippen MR) is 72.0 cm³/mol. The first-order chi connectivity index (χ1) is 8.54. The average Bonchev–Trinajstić information content (AvgIpc) is 2.88. The van der Waals surface area contributed by atoms with Gasteiger partial charge in [0.2, 0.25) is 11.8 Å². The molecule has 96 valence electrons. The first-order valence-corrected chi connectivity index (χ1v) is 7.13. The Kier molecular flexibility index (Phi) is 4.03. The molecule has 1 N–H and O–H groups in total. The molecule has 1 amide bonds. The molecule has 7 heteroatoms. The molecule has 5 nitrogen and oxygen atoms in total. The standard InChI is InChI=1S/C11H13N3O2S2/c1-6-4-9(16-14-6)13-10(15)8(3)18-11-12-7(2)5-17-11/h4-5,8H,1-3H3,(H,13,15). The number of hydrogen-bond donors (Lipinski definition) is 1. The highest BCUT2D eigenvalue weighted by Crippen LogP contribution is 2.27. The zero-order valence-corrected chi connectivity index (χ0v) is 11.9. The molecule has 0 radical (unpaired) electrons. The van der Waals surface area contributed by atoms with E-state index in [-0.39, 0.29) is 11.2 Å². The predicted octanol–water partition coefficient (Wildman–Crippen LogP) is 2.87. The van der Waals surface area contributed by atoms with E-state index in [0.717, 1.165) is 15.7 Å². The lowest BCUT2D eigenvalue weighted by Crippen LogP contribution is -2.22. The summed E-state index contributed by atoms with van der Waals surface area (Å²) in [7, 11) is 0. The van der Waals surface area contributed by atoms with Crippen molar-refractivity contribution in [1.29, 1.82) is 0 Å². The van der Waals surface area contributed by atoms with Crippen molar-refractivity contribution in [2.24, 2.45) is 0 Å². The van der Waals surface area contributed by atoms with E-state index in [1.54, 1.807) is 24.3 Å². The summed E-state index contributed by atoms with van der Waals surface area (Å²) >= 11 is 2.97. The molecule has 0 aliphatic carbocycles. The number of rotatable bonds is 4. The van der Waals surface area contributed by atoms with Gasteiger partial charge in [0.15, 0.2) is 4.34 Å². The second-order valence-corrected chi connectivity index (χ2v) is 6.28. The molecule has 0 bridgehead atoms. The molecule has 0 aliphatic rings. The van der Waals surface area contributed by atoms with Crippen LogP contribution in [0, 0.1) is 13.8 Å². The zero-order valence-electron chi connectivity index (χ0n) is 10.3. The Labute approximate surface area is 113 Å². The highest BCUT2D eigenvalue weighted by molar-refractivity contribution is 8.02. The fourth-order valence-corrected chi connectivity index (χ4v) is 3.22. The van der Waals surface area contributed by atoms with Crippen LogP contribution in [0.1, 0.15) is 18.3 Å². The molecule has 0 aliphatic heterocycles. The molecular weight excluding hydrogens is 270 g/mol. The molecule has 2 heterocycles. The Bertz CT molecular complexity index is 550. The van der Waals surface area contributed by atoms with Crippen LogP contribution in [0.15, 0.2) is 20.3 Å². The molecule has 0 fully saturated rings. The van der Waals surface area contributed by atoms with Gasteiger partial charge in [0.05, 0.1) is 10.9 Å². The molecule has 1 atom stereocenters. The van der Waals surface area contributed by atoms with Crippen LogP contribution in [0.5, 0.6) is 0 Å². The van der Waals surface area contributed by atoms with Crippen LogP contribution in [-0.2, 0) is 4.79 Å². The highest BCUT2D eigenvalue weighted by atomic mass is 32.2. The second kappa shape index (κ2) is 5.53. The third-order valence-corrected chi connectivity index (χ3v) is 4.31. The van der Waals surface area contributed by atoms with Crippen LogP contribution in [0.3, 0.4) is 0 Å². The summed E-state index contributed by atoms with van der Waals surface area (Å²) in [6, 6.07) is 1.68. The third kappa shape index (κ3) is 3.33. The van der Waals surface area contributed by atoms with Gasteiger partial charge in [0.25, 0.3) is 0 Å². The number of carbonyl (C=O) groups is 1. The SMILES string of the molecule is Cc1cc(NC(=O)C(C)Sc2nc(C)cs2)on1. The third-order valence-electron chi connectivity index (χ3n) is 2.12. The van der Waals surface area contributed by atoms with Crippen molar-refractivity contribution < 1.29 is 9.32 Å². The van der Waals surface area contributed by atoms with Gasteiger partial charge in [0.1, 0.15) is 0 Å². The number of nitrogens with one attached hydrogen (secondary N) is 1. The van der Waals surface area contributed by atoms with E-state index < -0.39 is 0 Å². The number of aromatic nitrogens is 2. The maximum atomic E-state index is 11.9. The largest absolute Gasteiger partial charge is 0.338 e. The van der Waals surface area contributed by atoms with E-state index >= 15 is 0 Å². The van der Waals surface area contributed by atoms with Crippen LogP contribution < -0.4 is 5.32 Å². The molecule has 1 unspecified atom stereocenters. The minimum Gasteiger partial charge on any atom is -0.338 e. The van der Waals surface area contributed by atoms with Gasteiger partial charge in [-0.3, -0.25) is 10.1 Å². The highest BCUT2D eigenvalue weighted by Gasteiger charge is 2.17. The van der Waals surface area contributed by atoms with Crippen molar-refractivity contribution in [2.75, 3.05) is 5.32 Å². The lowest BCUT2D eigenvalue weighted by molar-refractivity contribution is -0.115. The number of carbonyl (C=O) groups excluding carboxylic acids is 1. The Balaban J connectivity index is 1.92. The van der Waals surface area contributed by atoms with Gasteiger partial charge < -0.3 is 4.52 Å². The Morgan fingerprint density at radius 2 is 2.28 bits per heavy atom. The molecule has 2 aromatic heterocycles. The van der Waals surface area contributed by atoms with Gasteiger partial charge in [0, 0.05) is 17.1 Å². The van der Waals surface area contributed by atoms with E-state index in [0.29, 0.717) is 5.88 Å². The first-order valence-electron chi connectivity index (χ1n) is 5.37. The molecule has 18 heavy (non-hydrogen) atoms. The van der Waals surface area contributed by atoms with E-state index in [1.807, 2.05) is 19.2 Å². The van der Waals surface area contributed by atoms with E-state index in [2.05, 4.69) is 15.5 Å². The summed E-state index contributed by atoms with van der Waals surface area (Å²) in [5.74, 6) is 0.254. The smallest absolute Gasteiger partial charge is 0.240 e. The maximum Gasteiger partial charge on any atom is 0.240 e. The molecule has 0 spiro atoms. The van der Waals surface area contributed by atoms with Crippen molar-refractivity contribution in [3.05, 3.63) is 22.8 Å². The lowest BCUT2D eigenvalue weighted by Gasteiger charge is -2.07. The summed E-state index contributed by atoms with van der Waals surface area (Å²) in [6.07, 6.45) is 0. The van der Waals surface area contributed by atoms with Crippen molar-refractivity contribution >= 4 is 34.9 Å². The van der Waals surface area contributed by atoms with Crippen LogP contribution in [0.25, 0.3) is 0 Å². The molecule has 0 aromatic carbocycles. The van der Waals surface area contributed by atoms with Gasteiger partial charge in [-0.05, 0) is 20.8 Å². The van der Waals surface area contributed by atoms with Gasteiger partial charge >= 0.3 is 0 Å². The summed E-state index contributed by atoms with van der Waals surface area (Å²) < 4.78 is 5.83. The first kappa shape index (κ1) is 13.1. The number of thiazole rings is 1. The fraction of sp³-hybridized carbons (Fsp3) is 0.364.